The fourth-order valence-electron chi connectivity index (χ4n) is 4.18. The van der Waals surface area contributed by atoms with Gasteiger partial charge >= 0.3 is 0 Å². The molecule has 170 valence electrons. The zero-order chi connectivity index (χ0) is 23.3. The number of hydrazone groups is 1. The average Bonchev–Trinajstić information content (AvgIpc) is 3.29. The summed E-state index contributed by atoms with van der Waals surface area (Å²) in [7, 11) is 0. The van der Waals surface area contributed by atoms with Crippen molar-refractivity contribution < 1.29 is 4.79 Å². The number of benzene rings is 2. The van der Waals surface area contributed by atoms with E-state index in [0.29, 0.717) is 10.9 Å². The Morgan fingerprint density at radius 3 is 2.53 bits per heavy atom. The predicted molar refractivity (Wildman–Crippen MR) is 134 cm³/mol. The van der Waals surface area contributed by atoms with Crippen LogP contribution in [0.15, 0.2) is 82.8 Å². The zero-order valence-electron chi connectivity index (χ0n) is 18.6. The lowest BCUT2D eigenvalue weighted by Crippen LogP contribution is -2.21. The van der Waals surface area contributed by atoms with Crippen molar-refractivity contribution in [2.45, 2.75) is 19.4 Å². The van der Waals surface area contributed by atoms with Gasteiger partial charge in [-0.1, -0.05) is 54.6 Å². The van der Waals surface area contributed by atoms with Crippen molar-refractivity contribution in [2.75, 3.05) is 6.54 Å². The van der Waals surface area contributed by atoms with Crippen LogP contribution in [0, 0.1) is 5.92 Å². The Morgan fingerprint density at radius 2 is 1.76 bits per heavy atom. The van der Waals surface area contributed by atoms with Crippen molar-refractivity contribution in [1.82, 2.24) is 20.7 Å². The van der Waals surface area contributed by atoms with E-state index in [4.69, 9.17) is 4.98 Å². The fraction of sp³-hybridized carbons (Fsp3) is 0.185. The van der Waals surface area contributed by atoms with Crippen molar-refractivity contribution in [1.29, 1.82) is 0 Å². The molecule has 4 aromatic rings. The third-order valence-electron chi connectivity index (χ3n) is 6.03. The molecule has 1 unspecified atom stereocenters. The monoisotopic (exact) mass is 451 g/mol. The van der Waals surface area contributed by atoms with Crippen LogP contribution in [0.1, 0.15) is 18.4 Å². The highest BCUT2D eigenvalue weighted by Gasteiger charge is 2.19. The Balaban J connectivity index is 1.33. The number of hydrogen-bond acceptors (Lipinski definition) is 5. The molecule has 1 atom stereocenters. The van der Waals surface area contributed by atoms with E-state index in [1.165, 1.54) is 5.56 Å². The molecule has 0 aliphatic carbocycles. The average molecular weight is 452 g/mol. The number of H-pyrrole nitrogens is 1. The first-order valence-corrected chi connectivity index (χ1v) is 11.4. The van der Waals surface area contributed by atoms with Crippen LogP contribution in [0.25, 0.3) is 33.3 Å². The Labute approximate surface area is 197 Å². The summed E-state index contributed by atoms with van der Waals surface area (Å²) in [5, 5.41) is 7.82. The number of amides is 1. The molecule has 0 saturated carbocycles. The standard InChI is InChI=1S/C27H25N5O2/c33-26-21(17-30-32-26)7-4-13-28-16-18-8-10-20(11-9-18)25-22(19-5-2-1-3-6-19)15-23-24(31-25)12-14-29-27(23)34/h1-3,5-6,8-12,14-15,17,21,28H,4,7,13,16H2,(H,29,34)(H,32,33). The van der Waals surface area contributed by atoms with Crippen molar-refractivity contribution >= 4 is 23.0 Å². The van der Waals surface area contributed by atoms with Gasteiger partial charge in [0.25, 0.3) is 5.56 Å². The van der Waals surface area contributed by atoms with Gasteiger partial charge in [0, 0.05) is 30.1 Å². The summed E-state index contributed by atoms with van der Waals surface area (Å²) in [6.07, 6.45) is 5.01. The maximum atomic E-state index is 12.4. The minimum Gasteiger partial charge on any atom is -0.328 e. The summed E-state index contributed by atoms with van der Waals surface area (Å²) in [6, 6.07) is 22.1. The molecule has 0 spiro atoms. The largest absolute Gasteiger partial charge is 0.328 e. The van der Waals surface area contributed by atoms with E-state index in [2.05, 4.69) is 45.1 Å². The summed E-state index contributed by atoms with van der Waals surface area (Å²) in [5.41, 5.74) is 7.95. The number of carbonyl (C=O) groups is 1. The number of rotatable bonds is 8. The maximum absolute atomic E-state index is 12.4. The van der Waals surface area contributed by atoms with Crippen LogP contribution in [0.3, 0.4) is 0 Å². The van der Waals surface area contributed by atoms with Crippen LogP contribution in [0.2, 0.25) is 0 Å². The SMILES string of the molecule is O=C1NN=CC1CCCNCc1ccc(-c2nc3cc[nH]c(=O)c3cc2-c2ccccc2)cc1. The van der Waals surface area contributed by atoms with Gasteiger partial charge in [-0.05, 0) is 42.6 Å². The second-order valence-corrected chi connectivity index (χ2v) is 8.37. The molecule has 7 nitrogen and oxygen atoms in total. The minimum absolute atomic E-state index is 0.0163. The zero-order valence-corrected chi connectivity index (χ0v) is 18.6. The van der Waals surface area contributed by atoms with Crippen LogP contribution in [0.4, 0.5) is 0 Å². The van der Waals surface area contributed by atoms with Crippen molar-refractivity contribution in [3.8, 4) is 22.4 Å². The van der Waals surface area contributed by atoms with Gasteiger partial charge in [0.2, 0.25) is 5.91 Å². The van der Waals surface area contributed by atoms with Gasteiger partial charge in [-0.3, -0.25) is 9.59 Å². The summed E-state index contributed by atoms with van der Waals surface area (Å²) < 4.78 is 0. The van der Waals surface area contributed by atoms with E-state index in [1.54, 1.807) is 12.4 Å². The van der Waals surface area contributed by atoms with E-state index in [1.807, 2.05) is 42.5 Å². The van der Waals surface area contributed by atoms with E-state index >= 15 is 0 Å². The molecule has 3 N–H and O–H groups in total. The first-order valence-electron chi connectivity index (χ1n) is 11.4. The van der Waals surface area contributed by atoms with Crippen LogP contribution >= 0.6 is 0 Å². The molecule has 3 heterocycles. The first kappa shape index (κ1) is 21.7. The van der Waals surface area contributed by atoms with Gasteiger partial charge in [-0.15, -0.1) is 0 Å². The molecule has 0 radical (unpaired) electrons. The lowest BCUT2D eigenvalue weighted by molar-refractivity contribution is -0.122. The molecule has 2 aromatic carbocycles. The lowest BCUT2D eigenvalue weighted by Gasteiger charge is -2.12. The Kier molecular flexibility index (Phi) is 6.27. The Bertz CT molecular complexity index is 1390. The second kappa shape index (κ2) is 9.80. The number of nitrogens with zero attached hydrogens (tertiary/aromatic N) is 2. The molecule has 2 aromatic heterocycles. The third-order valence-corrected chi connectivity index (χ3v) is 6.03. The summed E-state index contributed by atoms with van der Waals surface area (Å²) in [4.78, 5) is 31.5. The summed E-state index contributed by atoms with van der Waals surface area (Å²) in [6.45, 7) is 1.58. The molecular formula is C27H25N5O2. The smallest absolute Gasteiger partial charge is 0.257 e. The highest BCUT2D eigenvalue weighted by molar-refractivity contribution is 5.97. The first-order chi connectivity index (χ1) is 16.7. The number of nitrogens with one attached hydrogen (secondary N) is 3. The van der Waals surface area contributed by atoms with Crippen LogP contribution in [-0.2, 0) is 11.3 Å². The van der Waals surface area contributed by atoms with Crippen LogP contribution in [0.5, 0.6) is 0 Å². The topological polar surface area (TPSA) is 99.2 Å². The number of hydrogen-bond donors (Lipinski definition) is 3. The highest BCUT2D eigenvalue weighted by atomic mass is 16.2. The number of pyridine rings is 2. The Morgan fingerprint density at radius 1 is 0.941 bits per heavy atom. The number of aromatic amines is 1. The van der Waals surface area contributed by atoms with Gasteiger partial charge in [-0.25, -0.2) is 10.4 Å². The molecule has 0 saturated heterocycles. The molecule has 1 aliphatic rings. The normalized spacial score (nSPS) is 15.1. The van der Waals surface area contributed by atoms with Gasteiger partial charge < -0.3 is 10.3 Å². The van der Waals surface area contributed by atoms with E-state index in [9.17, 15) is 9.59 Å². The van der Waals surface area contributed by atoms with Crippen molar-refractivity contribution in [3.63, 3.8) is 0 Å². The molecule has 0 fully saturated rings. The molecule has 5 rings (SSSR count). The van der Waals surface area contributed by atoms with Crippen LogP contribution in [-0.4, -0.2) is 28.6 Å². The van der Waals surface area contributed by atoms with Gasteiger partial charge in [0.05, 0.1) is 22.5 Å². The molecule has 0 bridgehead atoms. The Hall–Kier alpha value is -4.10. The highest BCUT2D eigenvalue weighted by Crippen LogP contribution is 2.32. The van der Waals surface area contributed by atoms with Crippen LogP contribution < -0.4 is 16.3 Å². The number of aromatic nitrogens is 2. The lowest BCUT2D eigenvalue weighted by atomic mass is 9.97. The molecule has 1 aliphatic heterocycles. The third kappa shape index (κ3) is 4.65. The quantitative estimate of drug-likeness (QED) is 0.354. The van der Waals surface area contributed by atoms with Gasteiger partial charge in [0.15, 0.2) is 0 Å². The molecule has 7 heteroatoms. The predicted octanol–water partition coefficient (Wildman–Crippen LogP) is 3.86. The van der Waals surface area contributed by atoms with Gasteiger partial charge in [0.1, 0.15) is 0 Å². The summed E-state index contributed by atoms with van der Waals surface area (Å²) in [5.74, 6) is -0.123. The van der Waals surface area contributed by atoms with E-state index in [-0.39, 0.29) is 17.4 Å². The fourth-order valence-corrected chi connectivity index (χ4v) is 4.18. The van der Waals surface area contributed by atoms with E-state index in [0.717, 1.165) is 48.3 Å². The summed E-state index contributed by atoms with van der Waals surface area (Å²) >= 11 is 0. The number of fused-ring (bicyclic) bond motifs is 1. The maximum Gasteiger partial charge on any atom is 0.257 e. The van der Waals surface area contributed by atoms with Gasteiger partial charge in [-0.2, -0.15) is 5.10 Å². The van der Waals surface area contributed by atoms with Crippen molar-refractivity contribution in [3.05, 3.63) is 88.8 Å². The molecule has 1 amide bonds. The molecule has 34 heavy (non-hydrogen) atoms. The second-order valence-electron chi connectivity index (χ2n) is 8.37. The van der Waals surface area contributed by atoms with E-state index < -0.39 is 0 Å². The number of carbonyl (C=O) groups excluding carboxylic acids is 1. The molecular weight excluding hydrogens is 426 g/mol. The minimum atomic E-state index is -0.143. The van der Waals surface area contributed by atoms with Crippen molar-refractivity contribution in [2.24, 2.45) is 11.0 Å².